The smallest absolute Gasteiger partial charge is 0.151 e. The first kappa shape index (κ1) is 13.5. The number of nitriles is 1. The normalized spacial score (nSPS) is 14.1. The van der Waals surface area contributed by atoms with Gasteiger partial charge in [0.05, 0.1) is 12.7 Å². The number of rotatable bonds is 5. The summed E-state index contributed by atoms with van der Waals surface area (Å²) in [4.78, 5) is 0. The minimum absolute atomic E-state index is 0.0671. The first-order chi connectivity index (χ1) is 8.04. The number of anilines is 1. The van der Waals surface area contributed by atoms with E-state index in [4.69, 9.17) is 4.74 Å². The number of nitrogens with one attached hydrogen (secondary N) is 1. The molecule has 0 heterocycles. The molecule has 1 aromatic rings. The van der Waals surface area contributed by atoms with Crippen molar-refractivity contribution in [2.24, 2.45) is 5.92 Å². The van der Waals surface area contributed by atoms with Gasteiger partial charge in [-0.3, -0.25) is 0 Å². The van der Waals surface area contributed by atoms with Crippen molar-refractivity contribution in [1.29, 1.82) is 5.26 Å². The fraction of sp³-hybridized carbons (Fsp3) is 0.462. The van der Waals surface area contributed by atoms with Gasteiger partial charge in [0.2, 0.25) is 0 Å². The maximum absolute atomic E-state index is 12.8. The quantitative estimate of drug-likeness (QED) is 0.855. The molecule has 0 amide bonds. The molecule has 0 fully saturated rings. The zero-order valence-electron chi connectivity index (χ0n) is 10.3. The predicted molar refractivity (Wildman–Crippen MR) is 65.1 cm³/mol. The van der Waals surface area contributed by atoms with Crippen LogP contribution in [0, 0.1) is 23.1 Å². The van der Waals surface area contributed by atoms with Crippen LogP contribution in [0.2, 0.25) is 0 Å². The van der Waals surface area contributed by atoms with E-state index in [1.54, 1.807) is 19.2 Å². The van der Waals surface area contributed by atoms with E-state index in [-0.39, 0.29) is 18.3 Å². The van der Waals surface area contributed by atoms with Gasteiger partial charge in [-0.2, -0.15) is 5.26 Å². The maximum atomic E-state index is 12.8. The van der Waals surface area contributed by atoms with Gasteiger partial charge in [0.15, 0.2) is 5.54 Å². The highest BCUT2D eigenvalue weighted by molar-refractivity contribution is 5.48. The Bertz CT molecular complexity index is 397. The van der Waals surface area contributed by atoms with Crippen molar-refractivity contribution < 1.29 is 9.13 Å². The van der Waals surface area contributed by atoms with Crippen LogP contribution in [0.3, 0.4) is 0 Å². The summed E-state index contributed by atoms with van der Waals surface area (Å²) in [6.45, 7) is 4.16. The molecule has 17 heavy (non-hydrogen) atoms. The predicted octanol–water partition coefficient (Wildman–Crippen LogP) is 2.80. The molecule has 1 unspecified atom stereocenters. The fourth-order valence-corrected chi connectivity index (χ4v) is 1.55. The molecule has 1 atom stereocenters. The second kappa shape index (κ2) is 5.65. The van der Waals surface area contributed by atoms with Gasteiger partial charge in [-0.05, 0) is 30.2 Å². The molecule has 0 spiro atoms. The van der Waals surface area contributed by atoms with Crippen molar-refractivity contribution in [3.05, 3.63) is 30.1 Å². The van der Waals surface area contributed by atoms with Crippen LogP contribution in [0.25, 0.3) is 0 Å². The summed E-state index contributed by atoms with van der Waals surface area (Å²) in [7, 11) is 1.56. The molecule has 0 saturated heterocycles. The first-order valence-corrected chi connectivity index (χ1v) is 5.48. The van der Waals surface area contributed by atoms with E-state index < -0.39 is 5.54 Å². The average Bonchev–Trinajstić information content (AvgIpc) is 2.31. The number of ether oxygens (including phenoxy) is 1. The van der Waals surface area contributed by atoms with Gasteiger partial charge >= 0.3 is 0 Å². The zero-order chi connectivity index (χ0) is 12.9. The third kappa shape index (κ3) is 3.18. The minimum atomic E-state index is -0.799. The monoisotopic (exact) mass is 236 g/mol. The Hall–Kier alpha value is -1.60. The molecule has 92 valence electrons. The zero-order valence-corrected chi connectivity index (χ0v) is 10.3. The van der Waals surface area contributed by atoms with Crippen LogP contribution < -0.4 is 5.32 Å². The number of nitrogens with zero attached hydrogens (tertiary/aromatic N) is 1. The summed E-state index contributed by atoms with van der Waals surface area (Å²) >= 11 is 0. The van der Waals surface area contributed by atoms with E-state index in [0.717, 1.165) is 0 Å². The van der Waals surface area contributed by atoms with Crippen LogP contribution >= 0.6 is 0 Å². The summed E-state index contributed by atoms with van der Waals surface area (Å²) in [6, 6.07) is 8.19. The summed E-state index contributed by atoms with van der Waals surface area (Å²) < 4.78 is 17.9. The van der Waals surface area contributed by atoms with E-state index >= 15 is 0 Å². The number of hydrogen-bond acceptors (Lipinski definition) is 3. The molecular formula is C13H17FN2O. The van der Waals surface area contributed by atoms with E-state index in [9.17, 15) is 9.65 Å². The van der Waals surface area contributed by atoms with Crippen molar-refractivity contribution in [1.82, 2.24) is 0 Å². The van der Waals surface area contributed by atoms with Crippen molar-refractivity contribution >= 4 is 5.69 Å². The average molecular weight is 236 g/mol. The highest BCUT2D eigenvalue weighted by Crippen LogP contribution is 2.23. The van der Waals surface area contributed by atoms with Crippen molar-refractivity contribution in [2.45, 2.75) is 19.4 Å². The van der Waals surface area contributed by atoms with Crippen LogP contribution in [-0.2, 0) is 4.74 Å². The largest absolute Gasteiger partial charge is 0.381 e. The van der Waals surface area contributed by atoms with Gasteiger partial charge < -0.3 is 10.1 Å². The molecule has 4 heteroatoms. The Morgan fingerprint density at radius 1 is 1.41 bits per heavy atom. The first-order valence-electron chi connectivity index (χ1n) is 5.48. The molecular weight excluding hydrogens is 219 g/mol. The molecule has 0 bridgehead atoms. The topological polar surface area (TPSA) is 45.0 Å². The van der Waals surface area contributed by atoms with Gasteiger partial charge in [-0.1, -0.05) is 13.8 Å². The standard InChI is InChI=1S/C13H17FN2O/c1-10(2)13(8-15,9-17-3)16-12-6-4-11(14)5-7-12/h4-7,10,16H,9H2,1-3H3. The molecule has 0 aliphatic rings. The van der Waals surface area contributed by atoms with Crippen molar-refractivity contribution in [3.63, 3.8) is 0 Å². The van der Waals surface area contributed by atoms with Gasteiger partial charge in [-0.25, -0.2) is 4.39 Å². The number of hydrogen-bond donors (Lipinski definition) is 1. The van der Waals surface area contributed by atoms with Crippen LogP contribution in [-0.4, -0.2) is 19.3 Å². The minimum Gasteiger partial charge on any atom is -0.381 e. The van der Waals surface area contributed by atoms with Crippen molar-refractivity contribution in [2.75, 3.05) is 19.0 Å². The lowest BCUT2D eigenvalue weighted by atomic mass is 9.88. The van der Waals surface area contributed by atoms with Crippen molar-refractivity contribution in [3.8, 4) is 6.07 Å². The van der Waals surface area contributed by atoms with Gasteiger partial charge in [0.1, 0.15) is 5.82 Å². The molecule has 0 saturated carbocycles. The fourth-order valence-electron chi connectivity index (χ4n) is 1.55. The number of benzene rings is 1. The second-order valence-electron chi connectivity index (χ2n) is 4.30. The lowest BCUT2D eigenvalue weighted by Crippen LogP contribution is -2.46. The van der Waals surface area contributed by atoms with Gasteiger partial charge in [0.25, 0.3) is 0 Å². The molecule has 1 rings (SSSR count). The number of methoxy groups -OCH3 is 1. The Balaban J connectivity index is 2.94. The lowest BCUT2D eigenvalue weighted by Gasteiger charge is -2.32. The van der Waals surface area contributed by atoms with E-state index in [2.05, 4.69) is 11.4 Å². The molecule has 0 aromatic heterocycles. The second-order valence-corrected chi connectivity index (χ2v) is 4.30. The lowest BCUT2D eigenvalue weighted by molar-refractivity contribution is 0.144. The third-order valence-electron chi connectivity index (χ3n) is 2.77. The Morgan fingerprint density at radius 2 is 2.00 bits per heavy atom. The van der Waals surface area contributed by atoms with Crippen LogP contribution in [0.4, 0.5) is 10.1 Å². The summed E-state index contributed by atoms with van der Waals surface area (Å²) in [5.41, 5.74) is -0.0919. The molecule has 1 N–H and O–H groups in total. The van der Waals surface area contributed by atoms with Gasteiger partial charge in [-0.15, -0.1) is 0 Å². The molecule has 1 aromatic carbocycles. The Labute approximate surface area is 101 Å². The Morgan fingerprint density at radius 3 is 2.41 bits per heavy atom. The van der Waals surface area contributed by atoms with Crippen LogP contribution in [0.15, 0.2) is 24.3 Å². The Kier molecular flexibility index (Phi) is 4.47. The number of halogens is 1. The SMILES string of the molecule is COCC(C#N)(Nc1ccc(F)cc1)C(C)C. The molecule has 0 aliphatic carbocycles. The van der Waals surface area contributed by atoms with E-state index in [0.29, 0.717) is 5.69 Å². The van der Waals surface area contributed by atoms with Crippen LogP contribution in [0.5, 0.6) is 0 Å². The third-order valence-corrected chi connectivity index (χ3v) is 2.77. The maximum Gasteiger partial charge on any atom is 0.151 e. The highest BCUT2D eigenvalue weighted by atomic mass is 19.1. The summed E-state index contributed by atoms with van der Waals surface area (Å²) in [5.74, 6) is -0.230. The summed E-state index contributed by atoms with van der Waals surface area (Å²) in [6.07, 6.45) is 0. The molecule has 0 aliphatic heterocycles. The van der Waals surface area contributed by atoms with Gasteiger partial charge in [0, 0.05) is 12.8 Å². The van der Waals surface area contributed by atoms with E-state index in [1.807, 2.05) is 13.8 Å². The molecule has 0 radical (unpaired) electrons. The molecule has 3 nitrogen and oxygen atoms in total. The highest BCUT2D eigenvalue weighted by Gasteiger charge is 2.34. The van der Waals surface area contributed by atoms with E-state index in [1.165, 1.54) is 12.1 Å². The summed E-state index contributed by atoms with van der Waals surface area (Å²) in [5, 5.41) is 12.4. The van der Waals surface area contributed by atoms with Crippen LogP contribution in [0.1, 0.15) is 13.8 Å².